The minimum atomic E-state index is -3.44. The van der Waals surface area contributed by atoms with Crippen LogP contribution >= 0.6 is 11.8 Å². The monoisotopic (exact) mass is 303 g/mol. The number of nitrogens with one attached hydrogen (secondary N) is 1. The molecule has 0 atom stereocenters. The van der Waals surface area contributed by atoms with Gasteiger partial charge in [-0.1, -0.05) is 12.8 Å². The summed E-state index contributed by atoms with van der Waals surface area (Å²) in [7, 11) is -3.44. The number of phenols is 1. The molecule has 2 N–H and O–H groups in total. The lowest BCUT2D eigenvalue weighted by atomic mass is 10.2. The second-order valence-electron chi connectivity index (χ2n) is 4.30. The zero-order chi connectivity index (χ0) is 14.1. The summed E-state index contributed by atoms with van der Waals surface area (Å²) in [6, 6.07) is 5.54. The summed E-state index contributed by atoms with van der Waals surface area (Å²) < 4.78 is 26.3. The van der Waals surface area contributed by atoms with Crippen molar-refractivity contribution in [1.29, 1.82) is 0 Å². The summed E-state index contributed by atoms with van der Waals surface area (Å²) >= 11 is 1.84. The molecule has 0 saturated heterocycles. The predicted octanol–water partition coefficient (Wildman–Crippen LogP) is 2.59. The third kappa shape index (κ3) is 6.31. The molecule has 0 radical (unpaired) electrons. The standard InChI is InChI=1S/C13H21NO3S2/c1-18-11-5-3-2-4-10-14-19(16,17)13-8-6-12(15)7-9-13/h6-9,14-15H,2-5,10-11H2,1H3. The quantitative estimate of drug-likeness (QED) is 0.688. The van der Waals surface area contributed by atoms with Crippen LogP contribution in [0.25, 0.3) is 0 Å². The van der Waals surface area contributed by atoms with Gasteiger partial charge in [0, 0.05) is 6.54 Å². The molecule has 1 rings (SSSR count). The number of hydrogen-bond acceptors (Lipinski definition) is 4. The van der Waals surface area contributed by atoms with Crippen molar-refractivity contribution in [2.75, 3.05) is 18.6 Å². The topological polar surface area (TPSA) is 66.4 Å². The van der Waals surface area contributed by atoms with Crippen LogP contribution in [0.3, 0.4) is 0 Å². The summed E-state index contributed by atoms with van der Waals surface area (Å²) in [4.78, 5) is 0.188. The highest BCUT2D eigenvalue weighted by atomic mass is 32.2. The van der Waals surface area contributed by atoms with Crippen LogP contribution in [-0.4, -0.2) is 32.1 Å². The first-order valence-electron chi connectivity index (χ1n) is 6.34. The molecule has 0 aliphatic heterocycles. The maximum absolute atomic E-state index is 11.9. The highest BCUT2D eigenvalue weighted by Gasteiger charge is 2.12. The number of unbranched alkanes of at least 4 members (excludes halogenated alkanes) is 3. The zero-order valence-electron chi connectivity index (χ0n) is 11.1. The number of phenolic OH excluding ortho intramolecular Hbond substituents is 1. The van der Waals surface area contributed by atoms with Crippen molar-refractivity contribution in [2.45, 2.75) is 30.6 Å². The number of sulfonamides is 1. The van der Waals surface area contributed by atoms with Crippen molar-refractivity contribution in [1.82, 2.24) is 4.72 Å². The van der Waals surface area contributed by atoms with E-state index in [1.807, 2.05) is 11.8 Å². The SMILES string of the molecule is CSCCCCCCNS(=O)(=O)c1ccc(O)cc1. The van der Waals surface area contributed by atoms with Crippen LogP contribution in [0, 0.1) is 0 Å². The van der Waals surface area contributed by atoms with Crippen molar-refractivity contribution >= 4 is 21.8 Å². The Morgan fingerprint density at radius 1 is 1.11 bits per heavy atom. The van der Waals surface area contributed by atoms with Crippen LogP contribution < -0.4 is 4.72 Å². The van der Waals surface area contributed by atoms with Crippen LogP contribution in [-0.2, 0) is 10.0 Å². The third-order valence-electron chi connectivity index (χ3n) is 2.71. The fourth-order valence-corrected chi connectivity index (χ4v) is 3.21. The Morgan fingerprint density at radius 2 is 1.74 bits per heavy atom. The second-order valence-corrected chi connectivity index (χ2v) is 7.05. The van der Waals surface area contributed by atoms with Gasteiger partial charge in [-0.25, -0.2) is 13.1 Å². The smallest absolute Gasteiger partial charge is 0.240 e. The first-order chi connectivity index (χ1) is 9.06. The van der Waals surface area contributed by atoms with Crippen LogP contribution in [0.4, 0.5) is 0 Å². The van der Waals surface area contributed by atoms with Crippen molar-refractivity contribution in [3.8, 4) is 5.75 Å². The summed E-state index contributed by atoms with van der Waals surface area (Å²) in [6.45, 7) is 0.461. The molecule has 6 heteroatoms. The number of thioether (sulfide) groups is 1. The van der Waals surface area contributed by atoms with Gasteiger partial charge in [-0.15, -0.1) is 0 Å². The van der Waals surface area contributed by atoms with Gasteiger partial charge in [0.1, 0.15) is 5.75 Å². The van der Waals surface area contributed by atoms with Gasteiger partial charge in [0.25, 0.3) is 0 Å². The van der Waals surface area contributed by atoms with Crippen LogP contribution in [0.15, 0.2) is 29.2 Å². The van der Waals surface area contributed by atoms with E-state index in [4.69, 9.17) is 5.11 Å². The van der Waals surface area contributed by atoms with E-state index in [2.05, 4.69) is 11.0 Å². The molecule has 0 unspecified atom stereocenters. The highest BCUT2D eigenvalue weighted by Crippen LogP contribution is 2.14. The fraction of sp³-hybridized carbons (Fsp3) is 0.538. The van der Waals surface area contributed by atoms with E-state index >= 15 is 0 Å². The maximum Gasteiger partial charge on any atom is 0.240 e. The number of rotatable bonds is 9. The molecule has 0 bridgehead atoms. The van der Waals surface area contributed by atoms with E-state index in [0.29, 0.717) is 6.54 Å². The fourth-order valence-electron chi connectivity index (χ4n) is 1.64. The van der Waals surface area contributed by atoms with E-state index in [-0.39, 0.29) is 10.6 Å². The van der Waals surface area contributed by atoms with Crippen molar-refractivity contribution in [3.63, 3.8) is 0 Å². The predicted molar refractivity (Wildman–Crippen MR) is 80.1 cm³/mol. The lowest BCUT2D eigenvalue weighted by Crippen LogP contribution is -2.24. The molecule has 0 spiro atoms. The minimum Gasteiger partial charge on any atom is -0.508 e. The minimum absolute atomic E-state index is 0.0627. The summed E-state index contributed by atoms with van der Waals surface area (Å²) in [6.07, 6.45) is 6.31. The molecule has 0 fully saturated rings. The molecule has 0 amide bonds. The third-order valence-corrected chi connectivity index (χ3v) is 4.89. The Balaban J connectivity index is 2.29. The molecule has 108 valence electrons. The molecule has 1 aromatic carbocycles. The molecule has 0 aromatic heterocycles. The van der Waals surface area contributed by atoms with Crippen molar-refractivity contribution in [3.05, 3.63) is 24.3 Å². The van der Waals surface area contributed by atoms with Gasteiger partial charge in [-0.05, 0) is 49.1 Å². The van der Waals surface area contributed by atoms with E-state index in [1.165, 1.54) is 36.4 Å². The average Bonchev–Trinajstić information content (AvgIpc) is 2.38. The van der Waals surface area contributed by atoms with Gasteiger partial charge in [-0.2, -0.15) is 11.8 Å². The first kappa shape index (κ1) is 16.3. The molecule has 4 nitrogen and oxygen atoms in total. The largest absolute Gasteiger partial charge is 0.508 e. The number of benzene rings is 1. The van der Waals surface area contributed by atoms with Gasteiger partial charge < -0.3 is 5.11 Å². The summed E-state index contributed by atoms with van der Waals surface area (Å²) in [5, 5.41) is 9.12. The van der Waals surface area contributed by atoms with Gasteiger partial charge in [0.05, 0.1) is 4.90 Å². The first-order valence-corrected chi connectivity index (χ1v) is 9.21. The van der Waals surface area contributed by atoms with Crippen molar-refractivity contribution < 1.29 is 13.5 Å². The molecule has 19 heavy (non-hydrogen) atoms. The zero-order valence-corrected chi connectivity index (χ0v) is 12.8. The Labute approximate surface area is 119 Å². The average molecular weight is 303 g/mol. The van der Waals surface area contributed by atoms with Gasteiger partial charge >= 0.3 is 0 Å². The molecule has 1 aromatic rings. The molecule has 0 aliphatic rings. The lowest BCUT2D eigenvalue weighted by Gasteiger charge is -2.06. The van der Waals surface area contributed by atoms with Crippen LogP contribution in [0.1, 0.15) is 25.7 Å². The maximum atomic E-state index is 11.9. The Morgan fingerprint density at radius 3 is 2.37 bits per heavy atom. The molecule has 0 saturated carbocycles. The van der Waals surface area contributed by atoms with Gasteiger partial charge in [0.15, 0.2) is 0 Å². The lowest BCUT2D eigenvalue weighted by molar-refractivity contribution is 0.474. The molecule has 0 aliphatic carbocycles. The Kier molecular flexibility index (Phi) is 7.27. The molecule has 0 heterocycles. The van der Waals surface area contributed by atoms with Gasteiger partial charge in [-0.3, -0.25) is 0 Å². The summed E-state index contributed by atoms with van der Waals surface area (Å²) in [5.74, 6) is 1.23. The highest BCUT2D eigenvalue weighted by molar-refractivity contribution is 7.98. The molecular formula is C13H21NO3S2. The van der Waals surface area contributed by atoms with E-state index in [0.717, 1.165) is 19.3 Å². The van der Waals surface area contributed by atoms with Gasteiger partial charge in [0.2, 0.25) is 10.0 Å². The van der Waals surface area contributed by atoms with Crippen molar-refractivity contribution in [2.24, 2.45) is 0 Å². The number of hydrogen-bond donors (Lipinski definition) is 2. The summed E-state index contributed by atoms with van der Waals surface area (Å²) in [5.41, 5.74) is 0. The normalized spacial score (nSPS) is 11.6. The van der Waals surface area contributed by atoms with Crippen LogP contribution in [0.2, 0.25) is 0 Å². The van der Waals surface area contributed by atoms with Crippen LogP contribution in [0.5, 0.6) is 5.75 Å². The van der Waals surface area contributed by atoms with E-state index < -0.39 is 10.0 Å². The Bertz CT molecular complexity index is 457. The second kappa shape index (κ2) is 8.45. The van der Waals surface area contributed by atoms with E-state index in [1.54, 1.807) is 0 Å². The Hall–Kier alpha value is -0.720. The molecular weight excluding hydrogens is 282 g/mol. The number of aromatic hydroxyl groups is 1. The van der Waals surface area contributed by atoms with E-state index in [9.17, 15) is 8.42 Å².